The zero-order valence-electron chi connectivity index (χ0n) is 14.1. The van der Waals surface area contributed by atoms with Crippen LogP contribution in [0, 0.1) is 5.41 Å². The molecule has 22 heavy (non-hydrogen) atoms. The van der Waals surface area contributed by atoms with E-state index in [4.69, 9.17) is 5.73 Å². The number of nitrogens with two attached hydrogens (primary N) is 1. The van der Waals surface area contributed by atoms with Crippen molar-refractivity contribution >= 4 is 5.91 Å². The molecule has 0 saturated carbocycles. The Morgan fingerprint density at radius 1 is 1.14 bits per heavy atom. The largest absolute Gasteiger partial charge is 0.338 e. The van der Waals surface area contributed by atoms with Crippen LogP contribution in [-0.4, -0.2) is 48.4 Å². The molecule has 4 nitrogen and oxygen atoms in total. The highest BCUT2D eigenvalue weighted by atomic mass is 16.2. The Hall–Kier alpha value is -1.39. The molecule has 1 aromatic rings. The lowest BCUT2D eigenvalue weighted by Crippen LogP contribution is -2.51. The summed E-state index contributed by atoms with van der Waals surface area (Å²) in [7, 11) is 0. The van der Waals surface area contributed by atoms with Gasteiger partial charge >= 0.3 is 0 Å². The Labute approximate surface area is 134 Å². The fourth-order valence-electron chi connectivity index (χ4n) is 2.69. The van der Waals surface area contributed by atoms with Crippen molar-refractivity contribution in [2.45, 2.75) is 33.2 Å². The molecule has 0 bridgehead atoms. The second kappa shape index (κ2) is 7.25. The summed E-state index contributed by atoms with van der Waals surface area (Å²) in [6.07, 6.45) is 1.18. The predicted octanol–water partition coefficient (Wildman–Crippen LogP) is 2.27. The van der Waals surface area contributed by atoms with Gasteiger partial charge in [0.15, 0.2) is 0 Å². The van der Waals surface area contributed by atoms with Crippen LogP contribution in [0.3, 0.4) is 0 Å². The first-order valence-electron chi connectivity index (χ1n) is 8.18. The quantitative estimate of drug-likeness (QED) is 0.928. The van der Waals surface area contributed by atoms with Crippen molar-refractivity contribution in [3.05, 3.63) is 35.9 Å². The zero-order chi connectivity index (χ0) is 16.2. The maximum absolute atomic E-state index is 12.5. The van der Waals surface area contributed by atoms with E-state index < -0.39 is 6.04 Å². The van der Waals surface area contributed by atoms with Gasteiger partial charge in [0.2, 0.25) is 5.91 Å². The fourth-order valence-corrected chi connectivity index (χ4v) is 2.69. The molecule has 0 spiro atoms. The third-order valence-electron chi connectivity index (χ3n) is 4.29. The molecule has 1 amide bonds. The molecule has 1 aliphatic rings. The standard InChI is InChI=1S/C18H29N3O/c1-18(2,3)9-10-20-11-13-21(14-12-20)17(22)16(19)15-7-5-4-6-8-15/h4-8,16H,9-14,19H2,1-3H3. The minimum absolute atomic E-state index is 0.0432. The highest BCUT2D eigenvalue weighted by Gasteiger charge is 2.26. The van der Waals surface area contributed by atoms with E-state index in [0.29, 0.717) is 5.41 Å². The zero-order valence-corrected chi connectivity index (χ0v) is 14.1. The van der Waals surface area contributed by atoms with E-state index in [2.05, 4.69) is 25.7 Å². The Bertz CT molecular complexity index is 473. The van der Waals surface area contributed by atoms with Crippen LogP contribution in [0.2, 0.25) is 0 Å². The normalized spacial score (nSPS) is 18.3. The molecule has 1 fully saturated rings. The van der Waals surface area contributed by atoms with Crippen LogP contribution in [0.4, 0.5) is 0 Å². The van der Waals surface area contributed by atoms with Crippen molar-refractivity contribution in [2.24, 2.45) is 11.1 Å². The average Bonchev–Trinajstić information content (AvgIpc) is 2.52. The van der Waals surface area contributed by atoms with Crippen LogP contribution >= 0.6 is 0 Å². The molecule has 4 heteroatoms. The maximum atomic E-state index is 12.5. The molecular weight excluding hydrogens is 274 g/mol. The number of carbonyl (C=O) groups is 1. The van der Waals surface area contributed by atoms with E-state index in [9.17, 15) is 4.79 Å². The second-order valence-corrected chi connectivity index (χ2v) is 7.37. The molecule has 1 aliphatic heterocycles. The van der Waals surface area contributed by atoms with E-state index in [1.807, 2.05) is 35.2 Å². The summed E-state index contributed by atoms with van der Waals surface area (Å²) in [5.74, 6) is 0.0432. The smallest absolute Gasteiger partial charge is 0.244 e. The molecule has 1 atom stereocenters. The number of amides is 1. The minimum Gasteiger partial charge on any atom is -0.338 e. The molecule has 122 valence electrons. The number of carbonyl (C=O) groups excluding carboxylic acids is 1. The van der Waals surface area contributed by atoms with Gasteiger partial charge in [-0.25, -0.2) is 0 Å². The molecule has 2 N–H and O–H groups in total. The molecule has 2 rings (SSSR count). The van der Waals surface area contributed by atoms with Crippen molar-refractivity contribution in [2.75, 3.05) is 32.7 Å². The highest BCUT2D eigenvalue weighted by molar-refractivity contribution is 5.83. The number of nitrogens with zero attached hydrogens (tertiary/aromatic N) is 2. The first-order chi connectivity index (χ1) is 10.4. The lowest BCUT2D eigenvalue weighted by molar-refractivity contribution is -0.134. The monoisotopic (exact) mass is 303 g/mol. The van der Waals surface area contributed by atoms with Crippen LogP contribution in [0.1, 0.15) is 38.8 Å². The number of benzene rings is 1. The summed E-state index contributed by atoms with van der Waals surface area (Å²) in [5.41, 5.74) is 7.37. The lowest BCUT2D eigenvalue weighted by atomic mass is 9.92. The molecule has 1 saturated heterocycles. The van der Waals surface area contributed by atoms with Crippen LogP contribution in [0.25, 0.3) is 0 Å². The summed E-state index contributed by atoms with van der Waals surface area (Å²) in [4.78, 5) is 16.9. The van der Waals surface area contributed by atoms with E-state index >= 15 is 0 Å². The van der Waals surface area contributed by atoms with E-state index in [1.165, 1.54) is 6.42 Å². The van der Waals surface area contributed by atoms with Gasteiger partial charge < -0.3 is 10.6 Å². The topological polar surface area (TPSA) is 49.6 Å². The van der Waals surface area contributed by atoms with Crippen LogP contribution in [0.5, 0.6) is 0 Å². The van der Waals surface area contributed by atoms with Crippen molar-refractivity contribution < 1.29 is 4.79 Å². The molecule has 1 aromatic carbocycles. The number of hydrogen-bond acceptors (Lipinski definition) is 3. The summed E-state index contributed by atoms with van der Waals surface area (Å²) in [6.45, 7) is 11.4. The van der Waals surface area contributed by atoms with Crippen molar-refractivity contribution in [1.82, 2.24) is 9.80 Å². The molecule has 0 aliphatic carbocycles. The Kier molecular flexibility index (Phi) is 5.59. The summed E-state index contributed by atoms with van der Waals surface area (Å²) >= 11 is 0. The summed E-state index contributed by atoms with van der Waals surface area (Å²) in [5, 5.41) is 0. The molecule has 1 unspecified atom stereocenters. The van der Waals surface area contributed by atoms with Gasteiger partial charge in [-0.2, -0.15) is 0 Å². The van der Waals surface area contributed by atoms with Gasteiger partial charge in [-0.3, -0.25) is 9.69 Å². The van der Waals surface area contributed by atoms with E-state index in [1.54, 1.807) is 0 Å². The molecule has 1 heterocycles. The Balaban J connectivity index is 1.82. The van der Waals surface area contributed by atoms with Gasteiger partial charge in [0, 0.05) is 26.2 Å². The van der Waals surface area contributed by atoms with Crippen molar-refractivity contribution in [1.29, 1.82) is 0 Å². The Morgan fingerprint density at radius 3 is 2.27 bits per heavy atom. The average molecular weight is 303 g/mol. The van der Waals surface area contributed by atoms with Crippen LogP contribution < -0.4 is 5.73 Å². The van der Waals surface area contributed by atoms with Gasteiger partial charge in [-0.1, -0.05) is 51.1 Å². The lowest BCUT2D eigenvalue weighted by Gasteiger charge is -2.37. The van der Waals surface area contributed by atoms with Crippen LogP contribution in [0.15, 0.2) is 30.3 Å². The van der Waals surface area contributed by atoms with Gasteiger partial charge in [-0.05, 0) is 23.9 Å². The summed E-state index contributed by atoms with van der Waals surface area (Å²) in [6, 6.07) is 9.08. The van der Waals surface area contributed by atoms with Gasteiger partial charge in [-0.15, -0.1) is 0 Å². The number of piperazine rings is 1. The SMILES string of the molecule is CC(C)(C)CCN1CCN(C(=O)C(N)c2ccccc2)CC1. The van der Waals surface area contributed by atoms with Gasteiger partial charge in [0.25, 0.3) is 0 Å². The minimum atomic E-state index is -0.540. The maximum Gasteiger partial charge on any atom is 0.244 e. The second-order valence-electron chi connectivity index (χ2n) is 7.37. The fraction of sp³-hybridized carbons (Fsp3) is 0.611. The third kappa shape index (κ3) is 4.82. The molecular formula is C18H29N3O. The number of hydrogen-bond donors (Lipinski definition) is 1. The predicted molar refractivity (Wildman–Crippen MR) is 90.5 cm³/mol. The van der Waals surface area contributed by atoms with E-state index in [-0.39, 0.29) is 5.91 Å². The first kappa shape index (κ1) is 17.0. The van der Waals surface area contributed by atoms with Gasteiger partial charge in [0.1, 0.15) is 6.04 Å². The first-order valence-corrected chi connectivity index (χ1v) is 8.18. The molecule has 0 radical (unpaired) electrons. The Morgan fingerprint density at radius 2 is 1.73 bits per heavy atom. The number of rotatable bonds is 4. The summed E-state index contributed by atoms with van der Waals surface area (Å²) < 4.78 is 0. The van der Waals surface area contributed by atoms with Gasteiger partial charge in [0.05, 0.1) is 0 Å². The molecule has 0 aromatic heterocycles. The third-order valence-corrected chi connectivity index (χ3v) is 4.29. The van der Waals surface area contributed by atoms with Crippen LogP contribution in [-0.2, 0) is 4.79 Å². The van der Waals surface area contributed by atoms with Crippen molar-refractivity contribution in [3.63, 3.8) is 0 Å². The van der Waals surface area contributed by atoms with E-state index in [0.717, 1.165) is 38.3 Å². The van der Waals surface area contributed by atoms with Crippen molar-refractivity contribution in [3.8, 4) is 0 Å². The highest BCUT2D eigenvalue weighted by Crippen LogP contribution is 2.20.